The van der Waals surface area contributed by atoms with Gasteiger partial charge in [-0.1, -0.05) is 24.6 Å². The first kappa shape index (κ1) is 21.2. The average molecular weight is 380 g/mol. The highest BCUT2D eigenvalue weighted by Gasteiger charge is 2.34. The van der Waals surface area contributed by atoms with Gasteiger partial charge in [-0.3, -0.25) is 14.5 Å². The lowest BCUT2D eigenvalue weighted by atomic mass is 10.1. The molecule has 0 saturated heterocycles. The minimum absolute atomic E-state index is 0.0310. The van der Waals surface area contributed by atoms with Gasteiger partial charge in [0.15, 0.2) is 0 Å². The molecule has 0 radical (unpaired) electrons. The fourth-order valence-corrected chi connectivity index (χ4v) is 2.34. The van der Waals surface area contributed by atoms with Gasteiger partial charge >= 0.3 is 6.18 Å². The Hall–Kier alpha value is -1.80. The van der Waals surface area contributed by atoms with Crippen molar-refractivity contribution >= 4 is 29.1 Å². The van der Waals surface area contributed by atoms with E-state index in [0.717, 1.165) is 12.1 Å². The summed E-state index contributed by atoms with van der Waals surface area (Å²) < 4.78 is 39.1. The van der Waals surface area contributed by atoms with Crippen LogP contribution >= 0.6 is 11.6 Å². The molecule has 0 aliphatic rings. The fraction of sp³-hybridized carbons (Fsp3) is 0.500. The van der Waals surface area contributed by atoms with Crippen molar-refractivity contribution in [2.24, 2.45) is 0 Å². The number of hydrogen-bond acceptors (Lipinski definition) is 3. The Labute approximate surface area is 149 Å². The highest BCUT2D eigenvalue weighted by molar-refractivity contribution is 6.34. The average Bonchev–Trinajstić information content (AvgIpc) is 2.46. The minimum atomic E-state index is -4.64. The molecule has 0 bridgehead atoms. The Morgan fingerprint density at radius 2 is 1.80 bits per heavy atom. The first-order valence-corrected chi connectivity index (χ1v) is 8.09. The van der Waals surface area contributed by atoms with Crippen LogP contribution in [0.3, 0.4) is 0 Å². The molecule has 25 heavy (non-hydrogen) atoms. The van der Waals surface area contributed by atoms with Gasteiger partial charge < -0.3 is 10.6 Å². The second-order valence-electron chi connectivity index (χ2n) is 5.73. The number of para-hydroxylation sites is 1. The van der Waals surface area contributed by atoms with Gasteiger partial charge in [-0.2, -0.15) is 13.2 Å². The van der Waals surface area contributed by atoms with Gasteiger partial charge in [0.05, 0.1) is 29.4 Å². The number of carbonyl (C=O) groups excluding carboxylic acids is 2. The number of rotatable bonds is 7. The maximum absolute atomic E-state index is 13.0. The van der Waals surface area contributed by atoms with Crippen molar-refractivity contribution in [1.82, 2.24) is 10.2 Å². The smallest absolute Gasteiger partial charge is 0.353 e. The summed E-state index contributed by atoms with van der Waals surface area (Å²) in [5.41, 5.74) is -1.50. The van der Waals surface area contributed by atoms with Gasteiger partial charge in [0.2, 0.25) is 11.8 Å². The van der Waals surface area contributed by atoms with Crippen molar-refractivity contribution in [3.8, 4) is 0 Å². The van der Waals surface area contributed by atoms with Gasteiger partial charge in [-0.15, -0.1) is 0 Å². The molecule has 1 aromatic carbocycles. The van der Waals surface area contributed by atoms with E-state index in [0.29, 0.717) is 6.54 Å². The van der Waals surface area contributed by atoms with Gasteiger partial charge in [-0.25, -0.2) is 0 Å². The van der Waals surface area contributed by atoms with Crippen LogP contribution in [-0.2, 0) is 15.8 Å². The normalized spacial score (nSPS) is 11.7. The number of carbonyl (C=O) groups is 2. The maximum Gasteiger partial charge on any atom is 0.418 e. The van der Waals surface area contributed by atoms with Crippen molar-refractivity contribution in [2.45, 2.75) is 33.0 Å². The van der Waals surface area contributed by atoms with E-state index < -0.39 is 23.3 Å². The SMILES string of the molecule is CCN(CC(=O)Nc1c(Cl)cccc1C(F)(F)F)CC(=O)NC(C)C. The summed E-state index contributed by atoms with van der Waals surface area (Å²) in [5, 5.41) is 4.68. The van der Waals surface area contributed by atoms with Crippen molar-refractivity contribution in [2.75, 3.05) is 25.0 Å². The van der Waals surface area contributed by atoms with E-state index in [1.54, 1.807) is 20.8 Å². The Balaban J connectivity index is 2.81. The van der Waals surface area contributed by atoms with Crippen LogP contribution in [0.5, 0.6) is 0 Å². The van der Waals surface area contributed by atoms with Crippen LogP contribution in [0.2, 0.25) is 5.02 Å². The first-order chi connectivity index (χ1) is 11.5. The summed E-state index contributed by atoms with van der Waals surface area (Å²) in [4.78, 5) is 25.4. The summed E-state index contributed by atoms with van der Waals surface area (Å²) in [6.45, 7) is 5.47. The zero-order valence-corrected chi connectivity index (χ0v) is 15.0. The van der Waals surface area contributed by atoms with Crippen LogP contribution in [-0.4, -0.2) is 42.4 Å². The van der Waals surface area contributed by atoms with E-state index in [9.17, 15) is 22.8 Å². The quantitative estimate of drug-likeness (QED) is 0.765. The molecule has 2 amide bonds. The Morgan fingerprint density at radius 1 is 1.20 bits per heavy atom. The van der Waals surface area contributed by atoms with Crippen LogP contribution in [0.15, 0.2) is 18.2 Å². The molecule has 0 saturated carbocycles. The number of nitrogens with one attached hydrogen (secondary N) is 2. The lowest BCUT2D eigenvalue weighted by Gasteiger charge is -2.21. The maximum atomic E-state index is 13.0. The number of nitrogens with zero attached hydrogens (tertiary/aromatic N) is 1. The molecule has 0 unspecified atom stereocenters. The zero-order valence-electron chi connectivity index (χ0n) is 14.2. The predicted octanol–water partition coefficient (Wildman–Crippen LogP) is 3.14. The van der Waals surface area contributed by atoms with E-state index in [1.807, 2.05) is 0 Å². The molecule has 1 aromatic rings. The number of hydrogen-bond donors (Lipinski definition) is 2. The molecular weight excluding hydrogens is 359 g/mol. The Bertz CT molecular complexity index is 621. The molecule has 0 aliphatic carbocycles. The highest BCUT2D eigenvalue weighted by atomic mass is 35.5. The molecule has 140 valence electrons. The molecule has 0 atom stereocenters. The van der Waals surface area contributed by atoms with Gasteiger partial charge in [0.1, 0.15) is 0 Å². The van der Waals surface area contributed by atoms with Gasteiger partial charge in [0, 0.05) is 6.04 Å². The van der Waals surface area contributed by atoms with Crippen LogP contribution in [0.1, 0.15) is 26.3 Å². The molecular formula is C16H21ClF3N3O2. The number of anilines is 1. The van der Waals surface area contributed by atoms with Crippen LogP contribution in [0.4, 0.5) is 18.9 Å². The zero-order chi connectivity index (χ0) is 19.2. The molecule has 0 aliphatic heterocycles. The third-order valence-corrected chi connectivity index (χ3v) is 3.53. The summed E-state index contributed by atoms with van der Waals surface area (Å²) >= 11 is 5.80. The molecule has 0 fully saturated rings. The van der Waals surface area contributed by atoms with Crippen molar-refractivity contribution in [3.63, 3.8) is 0 Å². The van der Waals surface area contributed by atoms with Gasteiger partial charge in [-0.05, 0) is 32.5 Å². The second-order valence-corrected chi connectivity index (χ2v) is 6.14. The van der Waals surface area contributed by atoms with E-state index in [4.69, 9.17) is 11.6 Å². The van der Waals surface area contributed by atoms with Crippen molar-refractivity contribution < 1.29 is 22.8 Å². The minimum Gasteiger partial charge on any atom is -0.353 e. The van der Waals surface area contributed by atoms with E-state index >= 15 is 0 Å². The van der Waals surface area contributed by atoms with E-state index in [-0.39, 0.29) is 30.1 Å². The highest BCUT2D eigenvalue weighted by Crippen LogP contribution is 2.38. The molecule has 9 heteroatoms. The number of likely N-dealkylation sites (N-methyl/N-ethyl adjacent to an activating group) is 1. The monoisotopic (exact) mass is 379 g/mol. The lowest BCUT2D eigenvalue weighted by molar-refractivity contribution is -0.137. The topological polar surface area (TPSA) is 61.4 Å². The number of amides is 2. The third-order valence-electron chi connectivity index (χ3n) is 3.21. The molecule has 0 heterocycles. The third kappa shape index (κ3) is 6.91. The summed E-state index contributed by atoms with van der Waals surface area (Å²) in [5.74, 6) is -0.948. The predicted molar refractivity (Wildman–Crippen MR) is 90.5 cm³/mol. The first-order valence-electron chi connectivity index (χ1n) is 7.71. The van der Waals surface area contributed by atoms with E-state index in [1.165, 1.54) is 11.0 Å². The van der Waals surface area contributed by atoms with Crippen molar-refractivity contribution in [3.05, 3.63) is 28.8 Å². The number of benzene rings is 1. The Kier molecular flexibility index (Phi) is 7.69. The van der Waals surface area contributed by atoms with Crippen molar-refractivity contribution in [1.29, 1.82) is 0 Å². The van der Waals surface area contributed by atoms with E-state index in [2.05, 4.69) is 10.6 Å². The van der Waals surface area contributed by atoms with Crippen LogP contribution < -0.4 is 10.6 Å². The molecule has 0 spiro atoms. The fourth-order valence-electron chi connectivity index (χ4n) is 2.12. The van der Waals surface area contributed by atoms with Gasteiger partial charge in [0.25, 0.3) is 0 Å². The van der Waals surface area contributed by atoms with Crippen LogP contribution in [0.25, 0.3) is 0 Å². The summed E-state index contributed by atoms with van der Waals surface area (Å²) in [6, 6.07) is 3.22. The summed E-state index contributed by atoms with van der Waals surface area (Å²) in [6.07, 6.45) is -4.64. The standard InChI is InChI=1S/C16H21ClF3N3O2/c1-4-23(8-13(24)21-10(2)3)9-14(25)22-15-11(16(18,19)20)6-5-7-12(15)17/h5-7,10H,4,8-9H2,1-3H3,(H,21,24)(H,22,25). The molecule has 1 rings (SSSR count). The molecule has 0 aromatic heterocycles. The largest absolute Gasteiger partial charge is 0.418 e. The number of halogens is 4. The Morgan fingerprint density at radius 3 is 2.32 bits per heavy atom. The number of alkyl halides is 3. The lowest BCUT2D eigenvalue weighted by Crippen LogP contribution is -2.43. The second kappa shape index (κ2) is 9.05. The molecule has 2 N–H and O–H groups in total. The molecule has 5 nitrogen and oxygen atoms in total. The van der Waals surface area contributed by atoms with Crippen LogP contribution in [0, 0.1) is 0 Å². The summed E-state index contributed by atoms with van der Waals surface area (Å²) in [7, 11) is 0.